The van der Waals surface area contributed by atoms with Crippen LogP contribution in [-0.2, 0) is 23.2 Å². The van der Waals surface area contributed by atoms with E-state index in [4.69, 9.17) is 9.92 Å². The smallest absolute Gasteiger partial charge is 0.398 e. The highest BCUT2D eigenvalue weighted by Gasteiger charge is 2.32. The molecule has 0 fully saturated rings. The summed E-state index contributed by atoms with van der Waals surface area (Å²) in [5.41, 5.74) is 8.10. The van der Waals surface area contributed by atoms with Crippen LogP contribution in [0.2, 0.25) is 0 Å². The van der Waals surface area contributed by atoms with Crippen LogP contribution in [0.1, 0.15) is 25.0 Å². The fourth-order valence-electron chi connectivity index (χ4n) is 1.93. The summed E-state index contributed by atoms with van der Waals surface area (Å²) in [6.45, 7) is 3.88. The number of nitrogen functional groups attached to an aromatic ring is 1. The molecule has 0 saturated heterocycles. The minimum absolute atomic E-state index is 0.187. The summed E-state index contributed by atoms with van der Waals surface area (Å²) >= 11 is 0. The van der Waals surface area contributed by atoms with E-state index in [9.17, 15) is 8.42 Å². The lowest BCUT2D eigenvalue weighted by Gasteiger charge is -2.10. The molecule has 6 heteroatoms. The van der Waals surface area contributed by atoms with E-state index in [1.165, 1.54) is 6.07 Å². The standard InChI is InChI=1S/C10H13NO4S/c1-3-6-7(4-2)10-9(5-8(6)11)14-16(12,13)15-10/h5H,3-4,11H2,1-2H3. The van der Waals surface area contributed by atoms with Crippen LogP contribution in [0.4, 0.5) is 5.69 Å². The molecular weight excluding hydrogens is 230 g/mol. The third-order valence-electron chi connectivity index (χ3n) is 2.58. The van der Waals surface area contributed by atoms with Crippen molar-refractivity contribution >= 4 is 16.1 Å². The second-order valence-corrected chi connectivity index (χ2v) is 4.68. The fourth-order valence-corrected chi connectivity index (χ4v) is 2.69. The van der Waals surface area contributed by atoms with Crippen molar-refractivity contribution in [2.75, 3.05) is 5.73 Å². The molecule has 0 unspecified atom stereocenters. The number of hydrogen-bond donors (Lipinski definition) is 1. The molecule has 0 aromatic heterocycles. The SMILES string of the molecule is CCc1c(N)cc2c(c1CC)OS(=O)(=O)O2. The maximum atomic E-state index is 11.2. The van der Waals surface area contributed by atoms with E-state index in [0.29, 0.717) is 12.1 Å². The summed E-state index contributed by atoms with van der Waals surface area (Å²) in [7, 11) is -3.94. The van der Waals surface area contributed by atoms with Crippen molar-refractivity contribution in [1.82, 2.24) is 0 Å². The second kappa shape index (κ2) is 3.55. The average molecular weight is 243 g/mol. The van der Waals surface area contributed by atoms with E-state index in [0.717, 1.165) is 17.5 Å². The van der Waals surface area contributed by atoms with Crippen molar-refractivity contribution < 1.29 is 16.8 Å². The Morgan fingerprint density at radius 2 is 1.81 bits per heavy atom. The Morgan fingerprint density at radius 3 is 2.38 bits per heavy atom. The number of rotatable bonds is 2. The van der Waals surface area contributed by atoms with Gasteiger partial charge in [-0.05, 0) is 18.4 Å². The number of anilines is 1. The Bertz CT molecular complexity index is 536. The zero-order valence-electron chi connectivity index (χ0n) is 9.11. The predicted molar refractivity (Wildman–Crippen MR) is 59.8 cm³/mol. The quantitative estimate of drug-likeness (QED) is 0.794. The summed E-state index contributed by atoms with van der Waals surface area (Å²) in [5, 5.41) is 0. The van der Waals surface area contributed by atoms with Gasteiger partial charge in [0, 0.05) is 17.3 Å². The molecule has 16 heavy (non-hydrogen) atoms. The van der Waals surface area contributed by atoms with Crippen LogP contribution in [0.15, 0.2) is 6.07 Å². The Hall–Kier alpha value is -1.43. The van der Waals surface area contributed by atoms with Gasteiger partial charge in [-0.3, -0.25) is 0 Å². The maximum Gasteiger partial charge on any atom is 0.501 e. The maximum absolute atomic E-state index is 11.2. The summed E-state index contributed by atoms with van der Waals surface area (Å²) in [6.07, 6.45) is 1.38. The molecule has 1 heterocycles. The molecule has 0 aliphatic carbocycles. The number of fused-ring (bicyclic) bond motifs is 1. The van der Waals surface area contributed by atoms with Crippen molar-refractivity contribution in [3.05, 3.63) is 17.2 Å². The average Bonchev–Trinajstić information content (AvgIpc) is 2.49. The van der Waals surface area contributed by atoms with Gasteiger partial charge in [0.15, 0.2) is 11.5 Å². The van der Waals surface area contributed by atoms with E-state index in [2.05, 4.69) is 4.18 Å². The Kier molecular flexibility index (Phi) is 2.46. The van der Waals surface area contributed by atoms with Gasteiger partial charge < -0.3 is 14.1 Å². The first-order valence-corrected chi connectivity index (χ1v) is 6.40. The Morgan fingerprint density at radius 1 is 1.19 bits per heavy atom. The number of hydrogen-bond acceptors (Lipinski definition) is 5. The molecule has 1 aromatic rings. The van der Waals surface area contributed by atoms with Crippen LogP contribution in [0.3, 0.4) is 0 Å². The van der Waals surface area contributed by atoms with Gasteiger partial charge in [-0.15, -0.1) is 8.42 Å². The summed E-state index contributed by atoms with van der Waals surface area (Å²) < 4.78 is 31.9. The molecule has 88 valence electrons. The van der Waals surface area contributed by atoms with Gasteiger partial charge in [-0.2, -0.15) is 0 Å². The predicted octanol–water partition coefficient (Wildman–Crippen LogP) is 1.41. The van der Waals surface area contributed by atoms with E-state index < -0.39 is 10.4 Å². The molecule has 5 nitrogen and oxygen atoms in total. The van der Waals surface area contributed by atoms with E-state index in [1.807, 2.05) is 13.8 Å². The first-order valence-electron chi connectivity index (χ1n) is 5.06. The molecule has 1 aliphatic heterocycles. The molecule has 0 bridgehead atoms. The van der Waals surface area contributed by atoms with Crippen molar-refractivity contribution in [3.8, 4) is 11.5 Å². The molecule has 0 saturated carbocycles. The van der Waals surface area contributed by atoms with Gasteiger partial charge in [0.2, 0.25) is 0 Å². The molecule has 0 amide bonds. The van der Waals surface area contributed by atoms with Crippen LogP contribution in [0.5, 0.6) is 11.5 Å². The van der Waals surface area contributed by atoms with Crippen molar-refractivity contribution in [1.29, 1.82) is 0 Å². The summed E-state index contributed by atoms with van der Waals surface area (Å²) in [4.78, 5) is 0. The topological polar surface area (TPSA) is 78.6 Å². The van der Waals surface area contributed by atoms with E-state index >= 15 is 0 Å². The molecule has 1 aliphatic rings. The van der Waals surface area contributed by atoms with Gasteiger partial charge in [0.1, 0.15) is 0 Å². The fraction of sp³-hybridized carbons (Fsp3) is 0.400. The number of benzene rings is 1. The molecule has 2 N–H and O–H groups in total. The van der Waals surface area contributed by atoms with E-state index in [-0.39, 0.29) is 11.5 Å². The zero-order valence-corrected chi connectivity index (χ0v) is 9.93. The van der Waals surface area contributed by atoms with Crippen LogP contribution >= 0.6 is 0 Å². The molecule has 0 spiro atoms. The minimum atomic E-state index is -3.94. The third-order valence-corrected chi connectivity index (χ3v) is 3.34. The van der Waals surface area contributed by atoms with Crippen LogP contribution < -0.4 is 14.1 Å². The Labute approximate surface area is 94.5 Å². The highest BCUT2D eigenvalue weighted by Crippen LogP contribution is 2.43. The van der Waals surface area contributed by atoms with Crippen molar-refractivity contribution in [3.63, 3.8) is 0 Å². The van der Waals surface area contributed by atoms with Crippen LogP contribution in [0, 0.1) is 0 Å². The highest BCUT2D eigenvalue weighted by molar-refractivity contribution is 7.82. The highest BCUT2D eigenvalue weighted by atomic mass is 32.3. The number of nitrogens with two attached hydrogens (primary N) is 1. The first kappa shape index (κ1) is 11.1. The van der Waals surface area contributed by atoms with E-state index in [1.54, 1.807) is 0 Å². The van der Waals surface area contributed by atoms with Gasteiger partial charge in [0.25, 0.3) is 0 Å². The molecule has 2 rings (SSSR count). The lowest BCUT2D eigenvalue weighted by atomic mass is 9.99. The van der Waals surface area contributed by atoms with Crippen LogP contribution in [0.25, 0.3) is 0 Å². The van der Waals surface area contributed by atoms with Gasteiger partial charge in [0.05, 0.1) is 0 Å². The van der Waals surface area contributed by atoms with Crippen LogP contribution in [-0.4, -0.2) is 8.42 Å². The lowest BCUT2D eigenvalue weighted by Crippen LogP contribution is -2.08. The zero-order chi connectivity index (χ0) is 11.9. The minimum Gasteiger partial charge on any atom is -0.398 e. The lowest BCUT2D eigenvalue weighted by molar-refractivity contribution is 0.435. The van der Waals surface area contributed by atoms with Gasteiger partial charge in [-0.1, -0.05) is 13.8 Å². The Balaban J connectivity index is 2.68. The summed E-state index contributed by atoms with van der Waals surface area (Å²) in [6, 6.07) is 1.50. The molecule has 1 aromatic carbocycles. The monoisotopic (exact) mass is 243 g/mol. The van der Waals surface area contributed by atoms with Crippen molar-refractivity contribution in [2.24, 2.45) is 0 Å². The second-order valence-electron chi connectivity index (χ2n) is 3.53. The molecule has 0 atom stereocenters. The largest absolute Gasteiger partial charge is 0.501 e. The van der Waals surface area contributed by atoms with Crippen molar-refractivity contribution in [2.45, 2.75) is 26.7 Å². The van der Waals surface area contributed by atoms with Gasteiger partial charge >= 0.3 is 10.4 Å². The van der Waals surface area contributed by atoms with Gasteiger partial charge in [-0.25, -0.2) is 0 Å². The molecular formula is C10H13NO4S. The first-order chi connectivity index (χ1) is 7.48. The third kappa shape index (κ3) is 1.59. The normalized spacial score (nSPS) is 16.4. The summed E-state index contributed by atoms with van der Waals surface area (Å²) in [5.74, 6) is 0.472. The molecule has 0 radical (unpaired) electrons.